The first kappa shape index (κ1) is 29.8. The second-order valence-corrected chi connectivity index (χ2v) is 10.8. The van der Waals surface area contributed by atoms with Crippen LogP contribution in [0.15, 0.2) is 61.1 Å². The van der Waals surface area contributed by atoms with Gasteiger partial charge in [-0.1, -0.05) is 18.2 Å². The molecule has 0 radical (unpaired) electrons. The number of hydrogen-bond acceptors (Lipinski definition) is 9. The predicted octanol–water partition coefficient (Wildman–Crippen LogP) is 4.19. The Morgan fingerprint density at radius 2 is 1.89 bits per heavy atom. The third kappa shape index (κ3) is 6.60. The van der Waals surface area contributed by atoms with Gasteiger partial charge < -0.3 is 14.8 Å². The number of hydrogen-bond donors (Lipinski definition) is 2. The highest BCUT2D eigenvalue weighted by Crippen LogP contribution is 2.32. The zero-order valence-electron chi connectivity index (χ0n) is 24.6. The van der Waals surface area contributed by atoms with Gasteiger partial charge in [0.15, 0.2) is 0 Å². The maximum atomic E-state index is 14.0. The van der Waals surface area contributed by atoms with Crippen molar-refractivity contribution in [3.05, 3.63) is 84.0 Å². The van der Waals surface area contributed by atoms with E-state index in [2.05, 4.69) is 25.6 Å². The molecule has 0 spiro atoms. The first-order valence-corrected chi connectivity index (χ1v) is 14.6. The molecule has 0 unspecified atom stereocenters. The Bertz CT molecular complexity index is 1560. The van der Waals surface area contributed by atoms with E-state index in [4.69, 9.17) is 19.4 Å². The number of carbonyl (C=O) groups excluding carboxylic acids is 1. The lowest BCUT2D eigenvalue weighted by Gasteiger charge is -2.20. The first-order valence-electron chi connectivity index (χ1n) is 14.6. The van der Waals surface area contributed by atoms with Gasteiger partial charge in [0, 0.05) is 69.0 Å². The molecule has 13 heteroatoms. The standard InChI is InChI=1S/C31H35FN8O4/c1-20-27(23-17-34-29(35-18-23)21-9-13-43-14-10-21)38-40(24-6-4-3-5-7-24)30(20)37-31(41)36-25-19-39(12-15-42-2)44-28(25)22-8-11-33-26(32)16-22/h3-8,11,16-18,21,25,28H,9-10,12-15,19H2,1-2H3,(H2,36,37,41)/t25-,28+/m1/s1. The fourth-order valence-electron chi connectivity index (χ4n) is 5.55. The number of carbonyl (C=O) groups is 1. The van der Waals surface area contributed by atoms with Crippen LogP contribution in [0.4, 0.5) is 15.0 Å². The molecule has 2 fully saturated rings. The minimum Gasteiger partial charge on any atom is -0.383 e. The van der Waals surface area contributed by atoms with Crippen LogP contribution < -0.4 is 10.6 Å². The summed E-state index contributed by atoms with van der Waals surface area (Å²) in [5.74, 6) is 0.958. The van der Waals surface area contributed by atoms with Crippen LogP contribution in [0.5, 0.6) is 0 Å². The van der Waals surface area contributed by atoms with Gasteiger partial charge in [-0.2, -0.15) is 14.6 Å². The number of nitrogens with one attached hydrogen (secondary N) is 2. The summed E-state index contributed by atoms with van der Waals surface area (Å²) in [6.45, 7) is 4.63. The van der Waals surface area contributed by atoms with E-state index < -0.39 is 24.1 Å². The highest BCUT2D eigenvalue weighted by molar-refractivity contribution is 5.91. The number of hydroxylamine groups is 2. The van der Waals surface area contributed by atoms with E-state index in [1.807, 2.05) is 37.3 Å². The van der Waals surface area contributed by atoms with Crippen LogP contribution in [0, 0.1) is 12.9 Å². The highest BCUT2D eigenvalue weighted by Gasteiger charge is 2.37. The average Bonchev–Trinajstić information content (AvgIpc) is 3.61. The van der Waals surface area contributed by atoms with Crippen molar-refractivity contribution in [1.29, 1.82) is 0 Å². The van der Waals surface area contributed by atoms with E-state index in [1.165, 1.54) is 12.3 Å². The van der Waals surface area contributed by atoms with Crippen molar-refractivity contribution in [2.24, 2.45) is 0 Å². The maximum absolute atomic E-state index is 14.0. The van der Waals surface area contributed by atoms with Crippen LogP contribution in [0.2, 0.25) is 0 Å². The fraction of sp³-hybridized carbons (Fsp3) is 0.387. The van der Waals surface area contributed by atoms with Crippen molar-refractivity contribution >= 4 is 11.8 Å². The molecule has 44 heavy (non-hydrogen) atoms. The summed E-state index contributed by atoms with van der Waals surface area (Å²) in [6.07, 6.45) is 6.14. The molecular weight excluding hydrogens is 567 g/mol. The number of amides is 2. The third-order valence-electron chi connectivity index (χ3n) is 7.86. The van der Waals surface area contributed by atoms with Crippen LogP contribution in [0.25, 0.3) is 16.9 Å². The number of aromatic nitrogens is 5. The number of benzene rings is 1. The number of rotatable bonds is 9. The van der Waals surface area contributed by atoms with Crippen molar-refractivity contribution in [2.75, 3.05) is 45.3 Å². The van der Waals surface area contributed by atoms with Gasteiger partial charge in [-0.05, 0) is 49.6 Å². The Kier molecular flexibility index (Phi) is 9.17. The van der Waals surface area contributed by atoms with Crippen LogP contribution in [-0.2, 0) is 14.3 Å². The monoisotopic (exact) mass is 602 g/mol. The molecule has 2 aliphatic rings. The Labute approximate surface area is 254 Å². The van der Waals surface area contributed by atoms with E-state index in [0.717, 1.165) is 35.5 Å². The molecule has 2 N–H and O–H groups in total. The van der Waals surface area contributed by atoms with Crippen molar-refractivity contribution in [2.45, 2.75) is 37.8 Å². The van der Waals surface area contributed by atoms with Gasteiger partial charge in [-0.25, -0.2) is 24.4 Å². The number of anilines is 1. The van der Waals surface area contributed by atoms with Crippen molar-refractivity contribution < 1.29 is 23.5 Å². The van der Waals surface area contributed by atoms with Crippen molar-refractivity contribution in [3.8, 4) is 16.9 Å². The number of methoxy groups -OCH3 is 1. The molecule has 12 nitrogen and oxygen atoms in total. The summed E-state index contributed by atoms with van der Waals surface area (Å²) < 4.78 is 26.3. The second-order valence-electron chi connectivity index (χ2n) is 10.8. The molecule has 2 aliphatic heterocycles. The number of pyridine rings is 1. The van der Waals surface area contributed by atoms with Crippen LogP contribution >= 0.6 is 0 Å². The SMILES string of the molecule is COCCN1C[C@@H](NC(=O)Nc2c(C)c(-c3cnc(C4CCOCC4)nc3)nn2-c2ccccc2)[C@H](c2ccnc(F)c2)O1. The minimum absolute atomic E-state index is 0.277. The molecule has 1 aromatic carbocycles. The van der Waals surface area contributed by atoms with Crippen LogP contribution in [0.1, 0.15) is 41.8 Å². The first-order chi connectivity index (χ1) is 21.5. The normalized spacial score (nSPS) is 19.2. The zero-order valence-corrected chi connectivity index (χ0v) is 24.6. The predicted molar refractivity (Wildman–Crippen MR) is 160 cm³/mol. The smallest absolute Gasteiger partial charge is 0.320 e. The van der Waals surface area contributed by atoms with Gasteiger partial charge in [0.05, 0.1) is 18.3 Å². The topological polar surface area (TPSA) is 129 Å². The van der Waals surface area contributed by atoms with Gasteiger partial charge in [-0.3, -0.25) is 10.2 Å². The number of nitrogens with zero attached hydrogens (tertiary/aromatic N) is 6. The Morgan fingerprint density at radius 3 is 2.61 bits per heavy atom. The lowest BCUT2D eigenvalue weighted by Crippen LogP contribution is -2.42. The van der Waals surface area contributed by atoms with E-state index in [9.17, 15) is 9.18 Å². The number of ether oxygens (including phenoxy) is 2. The molecular formula is C31H35FN8O4. The zero-order chi connectivity index (χ0) is 30.5. The maximum Gasteiger partial charge on any atom is 0.320 e. The van der Waals surface area contributed by atoms with Gasteiger partial charge >= 0.3 is 6.03 Å². The molecule has 4 aromatic rings. The molecule has 3 aromatic heterocycles. The Balaban J connectivity index is 1.25. The molecule has 2 amide bonds. The Morgan fingerprint density at radius 1 is 1.11 bits per heavy atom. The fourth-order valence-corrected chi connectivity index (χ4v) is 5.55. The van der Waals surface area contributed by atoms with Gasteiger partial charge in [0.25, 0.3) is 0 Å². The minimum atomic E-state index is -0.621. The number of halogens is 1. The van der Waals surface area contributed by atoms with Gasteiger partial charge in [0.2, 0.25) is 5.95 Å². The third-order valence-corrected chi connectivity index (χ3v) is 7.86. The number of urea groups is 1. The molecule has 230 valence electrons. The lowest BCUT2D eigenvalue weighted by atomic mass is 9.99. The quantitative estimate of drug-likeness (QED) is 0.271. The summed E-state index contributed by atoms with van der Waals surface area (Å²) in [4.78, 5) is 32.6. The largest absolute Gasteiger partial charge is 0.383 e. The summed E-state index contributed by atoms with van der Waals surface area (Å²) in [5.41, 5.74) is 3.50. The summed E-state index contributed by atoms with van der Waals surface area (Å²) in [5, 5.41) is 12.6. The highest BCUT2D eigenvalue weighted by atomic mass is 19.1. The van der Waals surface area contributed by atoms with Crippen LogP contribution in [-0.4, -0.2) is 81.9 Å². The Hall–Kier alpha value is -4.30. The van der Waals surface area contributed by atoms with Gasteiger partial charge in [-0.15, -0.1) is 0 Å². The lowest BCUT2D eigenvalue weighted by molar-refractivity contribution is -0.154. The summed E-state index contributed by atoms with van der Waals surface area (Å²) in [6, 6.07) is 11.6. The van der Waals surface area contributed by atoms with Crippen molar-refractivity contribution in [3.63, 3.8) is 0 Å². The van der Waals surface area contributed by atoms with E-state index in [-0.39, 0.29) is 5.92 Å². The second kappa shape index (κ2) is 13.6. The van der Waals surface area contributed by atoms with E-state index in [0.29, 0.717) is 50.0 Å². The molecule has 0 bridgehead atoms. The molecule has 0 aliphatic carbocycles. The van der Waals surface area contributed by atoms with E-state index >= 15 is 0 Å². The van der Waals surface area contributed by atoms with Gasteiger partial charge in [0.1, 0.15) is 23.4 Å². The summed E-state index contributed by atoms with van der Waals surface area (Å²) in [7, 11) is 1.61. The molecule has 5 heterocycles. The van der Waals surface area contributed by atoms with Crippen LogP contribution in [0.3, 0.4) is 0 Å². The van der Waals surface area contributed by atoms with E-state index in [1.54, 1.807) is 35.3 Å². The summed E-state index contributed by atoms with van der Waals surface area (Å²) >= 11 is 0. The molecule has 2 atom stereocenters. The number of para-hydroxylation sites is 1. The molecule has 0 saturated carbocycles. The molecule has 2 saturated heterocycles. The van der Waals surface area contributed by atoms with Crippen molar-refractivity contribution in [1.82, 2.24) is 35.1 Å². The average molecular weight is 603 g/mol. The molecule has 6 rings (SSSR count).